The summed E-state index contributed by atoms with van der Waals surface area (Å²) >= 11 is 0. The topological polar surface area (TPSA) is 63.1 Å². The van der Waals surface area contributed by atoms with Gasteiger partial charge in [-0.15, -0.1) is 0 Å². The maximum Gasteiger partial charge on any atom is 0.274 e. The van der Waals surface area contributed by atoms with Crippen molar-refractivity contribution < 1.29 is 4.79 Å². The Labute approximate surface area is 154 Å². The van der Waals surface area contributed by atoms with Crippen LogP contribution in [-0.2, 0) is 11.3 Å². The van der Waals surface area contributed by atoms with Gasteiger partial charge in [-0.05, 0) is 55.5 Å². The molecule has 0 radical (unpaired) electrons. The fourth-order valence-corrected chi connectivity index (χ4v) is 3.61. The monoisotopic (exact) mass is 353 g/mol. The van der Waals surface area contributed by atoms with E-state index in [0.29, 0.717) is 30.5 Å². The van der Waals surface area contributed by atoms with Crippen molar-refractivity contribution in [3.05, 3.63) is 64.6 Å². The molecule has 138 valence electrons. The van der Waals surface area contributed by atoms with Crippen LogP contribution in [0.2, 0.25) is 0 Å². The number of amides is 1. The molecule has 2 N–H and O–H groups in total. The van der Waals surface area contributed by atoms with E-state index in [1.807, 2.05) is 30.3 Å². The van der Waals surface area contributed by atoms with Crippen LogP contribution in [0.15, 0.2) is 53.5 Å². The first kappa shape index (κ1) is 18.4. The Morgan fingerprint density at radius 2 is 1.92 bits per heavy atom. The van der Waals surface area contributed by atoms with Gasteiger partial charge in [0.1, 0.15) is 5.69 Å². The average molecular weight is 353 g/mol. The molecule has 1 saturated heterocycles. The van der Waals surface area contributed by atoms with E-state index in [9.17, 15) is 9.59 Å². The molecule has 1 atom stereocenters. The third-order valence-corrected chi connectivity index (χ3v) is 5.19. The van der Waals surface area contributed by atoms with Crippen LogP contribution in [0.3, 0.4) is 0 Å². The number of anilines is 1. The number of carbonyl (C=O) groups is 1. The molecule has 0 bridgehead atoms. The van der Waals surface area contributed by atoms with Crippen LogP contribution in [0.5, 0.6) is 0 Å². The second-order valence-electron chi connectivity index (χ2n) is 7.16. The molecular weight excluding hydrogens is 326 g/mol. The Bertz CT molecular complexity index is 779. The Hall–Kier alpha value is -2.40. The predicted molar refractivity (Wildman–Crippen MR) is 104 cm³/mol. The highest BCUT2D eigenvalue weighted by atomic mass is 16.2. The lowest BCUT2D eigenvalue weighted by molar-refractivity contribution is -0.117. The van der Waals surface area contributed by atoms with Gasteiger partial charge in [-0.25, -0.2) is 0 Å². The first-order valence-corrected chi connectivity index (χ1v) is 9.37. The van der Waals surface area contributed by atoms with E-state index in [-0.39, 0.29) is 11.5 Å². The third kappa shape index (κ3) is 4.82. The number of hydrogen-bond donors (Lipinski definition) is 2. The molecular formula is C21H27N3O2. The first-order chi connectivity index (χ1) is 12.6. The van der Waals surface area contributed by atoms with Crippen LogP contribution in [0.25, 0.3) is 0 Å². The lowest BCUT2D eigenvalue weighted by Crippen LogP contribution is -2.32. The molecule has 1 amide bonds. The van der Waals surface area contributed by atoms with E-state index in [1.54, 1.807) is 22.9 Å². The van der Waals surface area contributed by atoms with Crippen molar-refractivity contribution in [3.8, 4) is 0 Å². The fourth-order valence-electron chi connectivity index (χ4n) is 3.61. The molecule has 0 spiro atoms. The van der Waals surface area contributed by atoms with Crippen LogP contribution in [-0.4, -0.2) is 23.6 Å². The number of benzene rings is 1. The highest BCUT2D eigenvalue weighted by Crippen LogP contribution is 2.24. The zero-order chi connectivity index (χ0) is 18.4. The van der Waals surface area contributed by atoms with Crippen molar-refractivity contribution >= 4 is 11.6 Å². The van der Waals surface area contributed by atoms with Gasteiger partial charge < -0.3 is 15.2 Å². The summed E-state index contributed by atoms with van der Waals surface area (Å²) in [6.07, 6.45) is 4.44. The maximum atomic E-state index is 12.6. The molecule has 1 aromatic carbocycles. The fraction of sp³-hybridized carbons (Fsp3) is 0.429. The van der Waals surface area contributed by atoms with Crippen molar-refractivity contribution in [1.82, 2.24) is 9.88 Å². The van der Waals surface area contributed by atoms with Crippen LogP contribution in [0, 0.1) is 11.8 Å². The standard InChI is InChI=1S/C21H27N3O2/c1-16(18-9-11-22-12-10-18)14-20(25)23-19-8-5-13-24(21(19)26)15-17-6-3-2-4-7-17/h2-8,13,16,18,22H,9-12,14-15H2,1H3,(H,23,25). The van der Waals surface area contributed by atoms with E-state index in [4.69, 9.17) is 0 Å². The number of carbonyl (C=O) groups excluding carboxylic acids is 1. The summed E-state index contributed by atoms with van der Waals surface area (Å²) in [4.78, 5) is 25.0. The Morgan fingerprint density at radius 1 is 1.19 bits per heavy atom. The van der Waals surface area contributed by atoms with Gasteiger partial charge in [-0.1, -0.05) is 37.3 Å². The number of aromatic nitrogens is 1. The highest BCUT2D eigenvalue weighted by molar-refractivity contribution is 5.90. The number of pyridine rings is 1. The number of rotatable bonds is 6. The van der Waals surface area contributed by atoms with Crippen molar-refractivity contribution in [2.24, 2.45) is 11.8 Å². The van der Waals surface area contributed by atoms with Crippen LogP contribution in [0.4, 0.5) is 5.69 Å². The second-order valence-corrected chi connectivity index (χ2v) is 7.16. The minimum absolute atomic E-state index is 0.0782. The molecule has 0 saturated carbocycles. The minimum atomic E-state index is -0.167. The average Bonchev–Trinajstić information content (AvgIpc) is 2.66. The van der Waals surface area contributed by atoms with Crippen LogP contribution < -0.4 is 16.2 Å². The van der Waals surface area contributed by atoms with Gasteiger partial charge in [0.05, 0.1) is 6.54 Å². The quantitative estimate of drug-likeness (QED) is 0.839. The summed E-state index contributed by atoms with van der Waals surface area (Å²) < 4.78 is 1.63. The van der Waals surface area contributed by atoms with E-state index in [2.05, 4.69) is 17.6 Å². The van der Waals surface area contributed by atoms with E-state index < -0.39 is 0 Å². The molecule has 5 heteroatoms. The van der Waals surface area contributed by atoms with Gasteiger partial charge in [-0.3, -0.25) is 9.59 Å². The van der Waals surface area contributed by atoms with Crippen molar-refractivity contribution in [2.75, 3.05) is 18.4 Å². The number of hydrogen-bond acceptors (Lipinski definition) is 3. The summed E-state index contributed by atoms with van der Waals surface area (Å²) in [6.45, 7) is 4.68. The zero-order valence-corrected chi connectivity index (χ0v) is 15.3. The maximum absolute atomic E-state index is 12.6. The Morgan fingerprint density at radius 3 is 2.65 bits per heavy atom. The molecule has 1 aromatic heterocycles. The zero-order valence-electron chi connectivity index (χ0n) is 15.3. The second kappa shape index (κ2) is 8.81. The lowest BCUT2D eigenvalue weighted by atomic mass is 9.84. The normalized spacial score (nSPS) is 16.2. The Kier molecular flexibility index (Phi) is 6.23. The molecule has 3 rings (SSSR count). The first-order valence-electron chi connectivity index (χ1n) is 9.37. The third-order valence-electron chi connectivity index (χ3n) is 5.19. The van der Waals surface area contributed by atoms with Crippen LogP contribution in [0.1, 0.15) is 31.7 Å². The molecule has 26 heavy (non-hydrogen) atoms. The molecule has 2 heterocycles. The highest BCUT2D eigenvalue weighted by Gasteiger charge is 2.22. The van der Waals surface area contributed by atoms with Gasteiger partial charge in [0.2, 0.25) is 5.91 Å². The summed E-state index contributed by atoms with van der Waals surface area (Å²) in [7, 11) is 0. The molecule has 1 aliphatic rings. The smallest absolute Gasteiger partial charge is 0.274 e. The molecule has 5 nitrogen and oxygen atoms in total. The number of nitrogens with zero attached hydrogens (tertiary/aromatic N) is 1. The van der Waals surface area contributed by atoms with Crippen LogP contribution >= 0.6 is 0 Å². The number of piperidine rings is 1. The van der Waals surface area contributed by atoms with Gasteiger partial charge in [-0.2, -0.15) is 0 Å². The van der Waals surface area contributed by atoms with Gasteiger partial charge in [0.25, 0.3) is 5.56 Å². The lowest BCUT2D eigenvalue weighted by Gasteiger charge is -2.27. The molecule has 1 fully saturated rings. The predicted octanol–water partition coefficient (Wildman–Crippen LogP) is 2.86. The molecule has 2 aromatic rings. The molecule has 0 aliphatic carbocycles. The van der Waals surface area contributed by atoms with Crippen molar-refractivity contribution in [3.63, 3.8) is 0 Å². The summed E-state index contributed by atoms with van der Waals surface area (Å²) in [5, 5.41) is 6.17. The van der Waals surface area contributed by atoms with Gasteiger partial charge in [0.15, 0.2) is 0 Å². The number of nitrogens with one attached hydrogen (secondary N) is 2. The van der Waals surface area contributed by atoms with E-state index in [1.165, 1.54) is 0 Å². The summed E-state index contributed by atoms with van der Waals surface area (Å²) in [5.41, 5.74) is 1.24. The van der Waals surface area contributed by atoms with E-state index in [0.717, 1.165) is 31.5 Å². The van der Waals surface area contributed by atoms with Gasteiger partial charge >= 0.3 is 0 Å². The van der Waals surface area contributed by atoms with E-state index >= 15 is 0 Å². The SMILES string of the molecule is CC(CC(=O)Nc1cccn(Cc2ccccc2)c1=O)C1CCNCC1. The summed E-state index contributed by atoms with van der Waals surface area (Å²) in [5.74, 6) is 0.825. The summed E-state index contributed by atoms with van der Waals surface area (Å²) in [6, 6.07) is 13.3. The molecule has 1 aliphatic heterocycles. The largest absolute Gasteiger partial charge is 0.321 e. The minimum Gasteiger partial charge on any atom is -0.321 e. The Balaban J connectivity index is 1.63. The van der Waals surface area contributed by atoms with Crippen molar-refractivity contribution in [2.45, 2.75) is 32.7 Å². The van der Waals surface area contributed by atoms with Gasteiger partial charge in [0, 0.05) is 12.6 Å². The molecule has 1 unspecified atom stereocenters. The van der Waals surface area contributed by atoms with Crippen molar-refractivity contribution in [1.29, 1.82) is 0 Å².